The summed E-state index contributed by atoms with van der Waals surface area (Å²) in [5.41, 5.74) is 4.69. The van der Waals surface area contributed by atoms with Crippen LogP contribution in [0.5, 0.6) is 11.5 Å². The molecule has 9 nitrogen and oxygen atoms in total. The SMILES string of the molecule is COc1cc(OCc2ccccn2)ccc1C=Cc1cc(C=Cc2cc([N+](=O)[O-])c3cc[nH]c3c2)[nH]n1. The van der Waals surface area contributed by atoms with Gasteiger partial charge in [-0.3, -0.25) is 20.2 Å². The van der Waals surface area contributed by atoms with E-state index in [1.165, 1.54) is 0 Å². The van der Waals surface area contributed by atoms with Crippen LogP contribution in [0.1, 0.15) is 28.2 Å². The number of hydrogen-bond acceptors (Lipinski definition) is 6. The number of rotatable bonds is 9. The Hall–Kier alpha value is -5.18. The Labute approximate surface area is 212 Å². The van der Waals surface area contributed by atoms with Crippen LogP contribution in [0, 0.1) is 10.1 Å². The number of H-pyrrole nitrogens is 2. The van der Waals surface area contributed by atoms with Gasteiger partial charge in [-0.2, -0.15) is 5.10 Å². The third-order valence-electron chi connectivity index (χ3n) is 5.69. The molecule has 0 fully saturated rings. The van der Waals surface area contributed by atoms with E-state index in [1.807, 2.05) is 66.8 Å². The van der Waals surface area contributed by atoms with Gasteiger partial charge < -0.3 is 14.5 Å². The van der Waals surface area contributed by atoms with Gasteiger partial charge in [-0.15, -0.1) is 0 Å². The Morgan fingerprint density at radius 1 is 1.03 bits per heavy atom. The fraction of sp³-hybridized carbons (Fsp3) is 0.0714. The van der Waals surface area contributed by atoms with Gasteiger partial charge in [-0.1, -0.05) is 12.1 Å². The second kappa shape index (κ2) is 10.6. The minimum atomic E-state index is -0.375. The minimum absolute atomic E-state index is 0.0636. The first kappa shape index (κ1) is 23.6. The minimum Gasteiger partial charge on any atom is -0.496 e. The van der Waals surface area contributed by atoms with Crippen LogP contribution in [0.15, 0.2) is 73.1 Å². The van der Waals surface area contributed by atoms with Crippen LogP contribution >= 0.6 is 0 Å². The molecular weight excluding hydrogens is 470 g/mol. The van der Waals surface area contributed by atoms with Crippen molar-refractivity contribution in [3.05, 3.63) is 111 Å². The molecule has 5 aromatic rings. The van der Waals surface area contributed by atoms with E-state index >= 15 is 0 Å². The smallest absolute Gasteiger partial charge is 0.279 e. The zero-order valence-electron chi connectivity index (χ0n) is 19.9. The molecular formula is C28H23N5O4. The highest BCUT2D eigenvalue weighted by Crippen LogP contribution is 2.28. The number of nitro groups is 1. The number of nitrogens with zero attached hydrogens (tertiary/aromatic N) is 3. The molecule has 37 heavy (non-hydrogen) atoms. The van der Waals surface area contributed by atoms with Gasteiger partial charge in [-0.05, 0) is 66.3 Å². The zero-order valence-corrected chi connectivity index (χ0v) is 19.9. The molecule has 2 aromatic carbocycles. The molecule has 2 N–H and O–H groups in total. The van der Waals surface area contributed by atoms with E-state index in [4.69, 9.17) is 9.47 Å². The van der Waals surface area contributed by atoms with Crippen molar-refractivity contribution >= 4 is 40.9 Å². The van der Waals surface area contributed by atoms with Gasteiger partial charge in [0.05, 0.1) is 40.0 Å². The largest absolute Gasteiger partial charge is 0.496 e. The summed E-state index contributed by atoms with van der Waals surface area (Å²) in [4.78, 5) is 18.3. The molecule has 0 aliphatic rings. The highest BCUT2D eigenvalue weighted by Gasteiger charge is 2.13. The number of benzene rings is 2. The number of hydrogen-bond donors (Lipinski definition) is 2. The normalized spacial score (nSPS) is 11.5. The van der Waals surface area contributed by atoms with Crippen molar-refractivity contribution in [2.24, 2.45) is 0 Å². The molecule has 0 atom stereocenters. The number of nitro benzene ring substituents is 1. The number of nitrogens with one attached hydrogen (secondary N) is 2. The summed E-state index contributed by atoms with van der Waals surface area (Å²) in [5, 5.41) is 19.3. The summed E-state index contributed by atoms with van der Waals surface area (Å²) in [7, 11) is 1.61. The molecule has 0 saturated carbocycles. The van der Waals surface area contributed by atoms with Crippen molar-refractivity contribution in [3.63, 3.8) is 0 Å². The lowest BCUT2D eigenvalue weighted by Gasteiger charge is -2.09. The van der Waals surface area contributed by atoms with Crippen molar-refractivity contribution < 1.29 is 14.4 Å². The van der Waals surface area contributed by atoms with Crippen LogP contribution in [-0.4, -0.2) is 32.2 Å². The van der Waals surface area contributed by atoms with E-state index in [0.717, 1.165) is 22.6 Å². The predicted octanol–water partition coefficient (Wildman–Crippen LogP) is 6.12. The highest BCUT2D eigenvalue weighted by atomic mass is 16.6. The monoisotopic (exact) mass is 493 g/mol. The average molecular weight is 494 g/mol. The maximum Gasteiger partial charge on any atom is 0.279 e. The lowest BCUT2D eigenvalue weighted by molar-refractivity contribution is -0.383. The van der Waals surface area contributed by atoms with Crippen LogP contribution in [0.25, 0.3) is 35.2 Å². The van der Waals surface area contributed by atoms with Crippen LogP contribution in [0.3, 0.4) is 0 Å². The average Bonchev–Trinajstić information content (AvgIpc) is 3.59. The number of fused-ring (bicyclic) bond motifs is 1. The topological polar surface area (TPSA) is 119 Å². The summed E-state index contributed by atoms with van der Waals surface area (Å²) in [6, 6.07) is 18.3. The Bertz CT molecular complexity index is 1600. The van der Waals surface area contributed by atoms with E-state index in [-0.39, 0.29) is 10.6 Å². The van der Waals surface area contributed by atoms with Crippen molar-refractivity contribution in [1.29, 1.82) is 0 Å². The van der Waals surface area contributed by atoms with Crippen LogP contribution in [0.4, 0.5) is 5.69 Å². The molecule has 0 aliphatic heterocycles. The van der Waals surface area contributed by atoms with Gasteiger partial charge in [0.25, 0.3) is 5.69 Å². The van der Waals surface area contributed by atoms with Crippen LogP contribution in [-0.2, 0) is 6.61 Å². The molecule has 0 radical (unpaired) electrons. The molecule has 0 amide bonds. The first-order valence-electron chi connectivity index (χ1n) is 11.5. The van der Waals surface area contributed by atoms with Gasteiger partial charge in [0.15, 0.2) is 0 Å². The fourth-order valence-corrected chi connectivity index (χ4v) is 3.86. The number of pyridine rings is 1. The third kappa shape index (κ3) is 5.57. The highest BCUT2D eigenvalue weighted by molar-refractivity contribution is 5.91. The molecule has 9 heteroatoms. The van der Waals surface area contributed by atoms with Crippen molar-refractivity contribution in [2.45, 2.75) is 6.61 Å². The Morgan fingerprint density at radius 3 is 2.76 bits per heavy atom. The zero-order chi connectivity index (χ0) is 25.6. The maximum absolute atomic E-state index is 11.4. The number of aromatic nitrogens is 4. The number of ether oxygens (including phenoxy) is 2. The summed E-state index contributed by atoms with van der Waals surface area (Å²) < 4.78 is 11.4. The fourth-order valence-electron chi connectivity index (χ4n) is 3.86. The maximum atomic E-state index is 11.4. The number of methoxy groups -OCH3 is 1. The molecule has 3 heterocycles. The van der Waals surface area contributed by atoms with Gasteiger partial charge in [-0.25, -0.2) is 0 Å². The van der Waals surface area contributed by atoms with Crippen molar-refractivity contribution in [2.75, 3.05) is 7.11 Å². The third-order valence-corrected chi connectivity index (χ3v) is 5.69. The van der Waals surface area contributed by atoms with E-state index in [0.29, 0.717) is 34.6 Å². The molecule has 0 bridgehead atoms. The first-order valence-corrected chi connectivity index (χ1v) is 11.5. The summed E-state index contributed by atoms with van der Waals surface area (Å²) in [6.07, 6.45) is 10.8. The standard InChI is InChI=1S/C28H23N5O4/c1-36-28-17-24(37-18-23-4-2-3-12-29-23)10-7-20(28)6-9-22-16-21(31-32-22)8-5-19-14-26-25(11-13-30-26)27(15-19)33(34)35/h2-17,30H,18H2,1H3,(H,31,32). The first-order chi connectivity index (χ1) is 18.1. The van der Waals surface area contributed by atoms with Gasteiger partial charge >= 0.3 is 0 Å². The molecule has 0 unspecified atom stereocenters. The van der Waals surface area contributed by atoms with Crippen molar-refractivity contribution in [1.82, 2.24) is 20.2 Å². The second-order valence-electron chi connectivity index (χ2n) is 8.16. The lowest BCUT2D eigenvalue weighted by Crippen LogP contribution is -1.98. The molecule has 184 valence electrons. The second-order valence-corrected chi connectivity index (χ2v) is 8.16. The van der Waals surface area contributed by atoms with Crippen LogP contribution in [0.2, 0.25) is 0 Å². The summed E-state index contributed by atoms with van der Waals surface area (Å²) in [6.45, 7) is 0.370. The molecule has 5 rings (SSSR count). The van der Waals surface area contributed by atoms with Crippen molar-refractivity contribution in [3.8, 4) is 11.5 Å². The Morgan fingerprint density at radius 2 is 1.95 bits per heavy atom. The molecule has 3 aromatic heterocycles. The van der Waals surface area contributed by atoms with E-state index in [2.05, 4.69) is 20.2 Å². The van der Waals surface area contributed by atoms with E-state index < -0.39 is 0 Å². The Balaban J connectivity index is 1.27. The lowest BCUT2D eigenvalue weighted by atomic mass is 10.1. The van der Waals surface area contributed by atoms with Crippen LogP contribution < -0.4 is 9.47 Å². The summed E-state index contributed by atoms with van der Waals surface area (Å²) >= 11 is 0. The van der Waals surface area contributed by atoms with E-state index in [9.17, 15) is 10.1 Å². The quantitative estimate of drug-likeness (QED) is 0.189. The molecule has 0 aliphatic carbocycles. The molecule has 0 spiro atoms. The number of aromatic amines is 2. The van der Waals surface area contributed by atoms with Gasteiger partial charge in [0.2, 0.25) is 0 Å². The summed E-state index contributed by atoms with van der Waals surface area (Å²) in [5.74, 6) is 1.36. The predicted molar refractivity (Wildman–Crippen MR) is 143 cm³/mol. The Kier molecular flexibility index (Phi) is 6.76. The van der Waals surface area contributed by atoms with E-state index in [1.54, 1.807) is 37.7 Å². The van der Waals surface area contributed by atoms with Gasteiger partial charge in [0, 0.05) is 30.1 Å². The number of non-ortho nitro benzene ring substituents is 1. The molecule has 0 saturated heterocycles. The van der Waals surface area contributed by atoms with Gasteiger partial charge in [0.1, 0.15) is 18.1 Å².